The highest BCUT2D eigenvalue weighted by atomic mass is 19.1. The standard InChI is InChI=1S/C30H52F2N8O3/c1-38-13-14-43-19-24(38)29(42)40-11-9-39(10-12-40)26-21(32)17-35-18-23(26)37-28(41)25(27(33)34)22-15-30(6-3-2-4-7-30)8-5-20(31)16-36-22/h16,20-27,35H,2-15,17-19,33-34H2,1H3,(H,37,41)/b36-16-/t20?,21?,22?,23?,24?,25?,26-/m1/s1. The molecule has 11 nitrogen and oxygen atoms in total. The van der Waals surface area contributed by atoms with Gasteiger partial charge in [0.2, 0.25) is 11.8 Å². The van der Waals surface area contributed by atoms with Crippen molar-refractivity contribution in [2.24, 2.45) is 27.8 Å². The Morgan fingerprint density at radius 2 is 1.81 bits per heavy atom. The monoisotopic (exact) mass is 610 g/mol. The van der Waals surface area contributed by atoms with Crippen molar-refractivity contribution >= 4 is 18.0 Å². The number of likely N-dealkylation sites (N-methyl/N-ethyl adjacent to an activating group) is 1. The second-order valence-corrected chi connectivity index (χ2v) is 13.5. The quantitative estimate of drug-likeness (QED) is 0.309. The molecule has 13 heteroatoms. The van der Waals surface area contributed by atoms with Crippen molar-refractivity contribution in [2.75, 3.05) is 66.1 Å². The number of aliphatic imine (C=N–C) groups is 1. The molecule has 1 aliphatic carbocycles. The van der Waals surface area contributed by atoms with Crippen LogP contribution in [0.4, 0.5) is 8.78 Å². The Hall–Kier alpha value is -1.77. The van der Waals surface area contributed by atoms with Gasteiger partial charge in [0.15, 0.2) is 0 Å². The third kappa shape index (κ3) is 7.73. The van der Waals surface area contributed by atoms with E-state index in [2.05, 4.69) is 20.5 Å². The van der Waals surface area contributed by atoms with Crippen molar-refractivity contribution in [3.05, 3.63) is 0 Å². The maximum absolute atomic E-state index is 15.6. The fraction of sp³-hybridized carbons (Fsp3) is 0.900. The molecule has 7 atom stereocenters. The van der Waals surface area contributed by atoms with Crippen molar-refractivity contribution in [1.29, 1.82) is 0 Å². The predicted octanol–water partition coefficient (Wildman–Crippen LogP) is 0.0275. The first-order valence-corrected chi connectivity index (χ1v) is 16.3. The number of amides is 2. The summed E-state index contributed by atoms with van der Waals surface area (Å²) in [6.45, 7) is 4.29. The van der Waals surface area contributed by atoms with E-state index in [4.69, 9.17) is 16.2 Å². The van der Waals surface area contributed by atoms with Crippen molar-refractivity contribution < 1.29 is 23.1 Å². The van der Waals surface area contributed by atoms with Crippen molar-refractivity contribution in [3.63, 3.8) is 0 Å². The predicted molar refractivity (Wildman–Crippen MR) is 161 cm³/mol. The SMILES string of the molecule is CN1CCOCC1C(=O)N1CCN([C@@H]2C(F)CNCC2NC(=O)C(C(N)N)C2CC3(CCCCC3)CCC(F)/C=N\2)CC1. The minimum absolute atomic E-state index is 0.0413. The zero-order valence-electron chi connectivity index (χ0n) is 25.6. The van der Waals surface area contributed by atoms with Crippen molar-refractivity contribution in [2.45, 2.75) is 94.0 Å². The second kappa shape index (κ2) is 14.6. The van der Waals surface area contributed by atoms with Gasteiger partial charge in [-0.25, -0.2) is 8.78 Å². The number of morpholine rings is 1. The number of hydrogen-bond donors (Lipinski definition) is 4. The normalized spacial score (nSPS) is 36.1. The first-order valence-electron chi connectivity index (χ1n) is 16.3. The minimum atomic E-state index is -1.21. The Morgan fingerprint density at radius 1 is 1.07 bits per heavy atom. The van der Waals surface area contributed by atoms with Gasteiger partial charge in [0.25, 0.3) is 0 Å². The van der Waals surface area contributed by atoms with Crippen LogP contribution < -0.4 is 22.1 Å². The summed E-state index contributed by atoms with van der Waals surface area (Å²) in [7, 11) is 1.94. The van der Waals surface area contributed by atoms with E-state index in [1.165, 1.54) is 12.6 Å². The molecular weight excluding hydrogens is 558 g/mol. The fourth-order valence-electron chi connectivity index (χ4n) is 8.07. The molecule has 0 bridgehead atoms. The number of halogens is 2. The van der Waals surface area contributed by atoms with Crippen LogP contribution in [0.5, 0.6) is 0 Å². The lowest BCUT2D eigenvalue weighted by Crippen LogP contribution is -2.69. The van der Waals surface area contributed by atoms with Gasteiger partial charge >= 0.3 is 0 Å². The first kappa shape index (κ1) is 32.6. The number of nitrogens with zero attached hydrogens (tertiary/aromatic N) is 4. The van der Waals surface area contributed by atoms with Gasteiger partial charge < -0.3 is 31.7 Å². The molecule has 0 aromatic carbocycles. The van der Waals surface area contributed by atoms with Gasteiger partial charge in [0.05, 0.1) is 43.4 Å². The summed E-state index contributed by atoms with van der Waals surface area (Å²) >= 11 is 0. The second-order valence-electron chi connectivity index (χ2n) is 13.5. The topological polar surface area (TPSA) is 142 Å². The summed E-state index contributed by atoms with van der Waals surface area (Å²) < 4.78 is 35.8. The van der Waals surface area contributed by atoms with E-state index >= 15 is 4.39 Å². The van der Waals surface area contributed by atoms with Gasteiger partial charge in [-0.3, -0.25) is 24.4 Å². The summed E-state index contributed by atoms with van der Waals surface area (Å²) in [5.41, 5.74) is 12.4. The van der Waals surface area contributed by atoms with Crippen LogP contribution >= 0.6 is 0 Å². The number of ether oxygens (including phenoxy) is 1. The Kier molecular flexibility index (Phi) is 11.0. The summed E-state index contributed by atoms with van der Waals surface area (Å²) in [5.74, 6) is -1.18. The minimum Gasteiger partial charge on any atom is -0.378 e. The van der Waals surface area contributed by atoms with Gasteiger partial charge in [-0.1, -0.05) is 19.3 Å². The average Bonchev–Trinajstić information content (AvgIpc) is 2.99. The van der Waals surface area contributed by atoms with Gasteiger partial charge in [0, 0.05) is 52.0 Å². The third-order valence-electron chi connectivity index (χ3n) is 10.6. The smallest absolute Gasteiger partial charge is 0.242 e. The van der Waals surface area contributed by atoms with Crippen LogP contribution in [-0.4, -0.2) is 141 Å². The molecule has 0 aromatic heterocycles. The van der Waals surface area contributed by atoms with Crippen LogP contribution in [0, 0.1) is 11.3 Å². The van der Waals surface area contributed by atoms with E-state index in [0.717, 1.165) is 32.1 Å². The molecule has 4 heterocycles. The molecule has 43 heavy (non-hydrogen) atoms. The molecule has 0 radical (unpaired) electrons. The van der Waals surface area contributed by atoms with E-state index in [1.807, 2.05) is 16.8 Å². The zero-order chi connectivity index (χ0) is 30.6. The summed E-state index contributed by atoms with van der Waals surface area (Å²) in [6, 6.07) is -1.91. The van der Waals surface area contributed by atoms with Crippen molar-refractivity contribution in [1.82, 2.24) is 25.3 Å². The molecule has 4 aliphatic heterocycles. The lowest BCUT2D eigenvalue weighted by Gasteiger charge is -2.47. The number of carbonyl (C=O) groups is 2. The molecule has 0 aromatic rings. The zero-order valence-corrected chi connectivity index (χ0v) is 25.6. The molecular formula is C30H52F2N8O3. The Labute approximate surface area is 254 Å². The van der Waals surface area contributed by atoms with Crippen LogP contribution in [-0.2, 0) is 14.3 Å². The van der Waals surface area contributed by atoms with E-state index < -0.39 is 42.6 Å². The number of piperidine rings is 1. The molecule has 6 unspecified atom stereocenters. The molecule has 6 N–H and O–H groups in total. The number of piperazine rings is 1. The highest BCUT2D eigenvalue weighted by molar-refractivity contribution is 5.82. The summed E-state index contributed by atoms with van der Waals surface area (Å²) in [4.78, 5) is 37.6. The number of alkyl halides is 2. The molecule has 1 spiro atoms. The van der Waals surface area contributed by atoms with E-state index in [0.29, 0.717) is 65.3 Å². The number of hydrogen-bond acceptors (Lipinski definition) is 9. The fourth-order valence-corrected chi connectivity index (χ4v) is 8.07. The Balaban J connectivity index is 1.26. The van der Waals surface area contributed by atoms with Gasteiger partial charge in [-0.2, -0.15) is 0 Å². The molecule has 4 fully saturated rings. The molecule has 5 rings (SSSR count). The van der Waals surface area contributed by atoms with Crippen LogP contribution in [0.2, 0.25) is 0 Å². The largest absolute Gasteiger partial charge is 0.378 e. The lowest BCUT2D eigenvalue weighted by molar-refractivity contribution is -0.144. The van der Waals surface area contributed by atoms with Crippen LogP contribution in [0.3, 0.4) is 0 Å². The molecule has 2 amide bonds. The Morgan fingerprint density at radius 3 is 2.51 bits per heavy atom. The Bertz CT molecular complexity index is 975. The number of nitrogens with one attached hydrogen (secondary N) is 2. The lowest BCUT2D eigenvalue weighted by atomic mass is 9.65. The van der Waals surface area contributed by atoms with E-state index in [-0.39, 0.29) is 29.8 Å². The molecule has 244 valence electrons. The molecule has 5 aliphatic rings. The molecule has 3 saturated heterocycles. The van der Waals surface area contributed by atoms with E-state index in [1.54, 1.807) is 0 Å². The molecule has 1 saturated carbocycles. The van der Waals surface area contributed by atoms with Gasteiger partial charge in [-0.15, -0.1) is 0 Å². The third-order valence-corrected chi connectivity index (χ3v) is 10.6. The van der Waals surface area contributed by atoms with Gasteiger partial charge in [-0.05, 0) is 44.6 Å². The maximum atomic E-state index is 15.6. The highest BCUT2D eigenvalue weighted by Gasteiger charge is 2.45. The van der Waals surface area contributed by atoms with E-state index in [9.17, 15) is 14.0 Å². The number of rotatable bonds is 6. The summed E-state index contributed by atoms with van der Waals surface area (Å²) in [6.07, 6.45) is 5.17. The average molecular weight is 611 g/mol. The van der Waals surface area contributed by atoms with Crippen LogP contribution in [0.15, 0.2) is 4.99 Å². The maximum Gasteiger partial charge on any atom is 0.242 e. The van der Waals surface area contributed by atoms with Gasteiger partial charge in [0.1, 0.15) is 18.4 Å². The number of nitrogens with two attached hydrogens (primary N) is 2. The van der Waals surface area contributed by atoms with Crippen LogP contribution in [0.25, 0.3) is 0 Å². The number of carbonyl (C=O) groups excluding carboxylic acids is 2. The van der Waals surface area contributed by atoms with Crippen LogP contribution in [0.1, 0.15) is 51.4 Å². The van der Waals surface area contributed by atoms with Crippen molar-refractivity contribution in [3.8, 4) is 0 Å². The highest BCUT2D eigenvalue weighted by Crippen LogP contribution is 2.46. The summed E-state index contributed by atoms with van der Waals surface area (Å²) in [5, 5.41) is 6.20. The first-order chi connectivity index (χ1) is 20.7.